The van der Waals surface area contributed by atoms with Crippen molar-refractivity contribution in [2.75, 3.05) is 19.1 Å². The number of rotatable bonds is 4. The maximum absolute atomic E-state index is 5.18. The number of hydrogen-bond donors (Lipinski definition) is 0. The number of nitrogens with zero attached hydrogens (tertiary/aromatic N) is 3. The van der Waals surface area contributed by atoms with E-state index in [0.717, 1.165) is 22.8 Å². The second-order valence-electron chi connectivity index (χ2n) is 4.74. The molecule has 0 saturated carbocycles. The van der Waals surface area contributed by atoms with Gasteiger partial charge in [0.15, 0.2) is 0 Å². The predicted molar refractivity (Wildman–Crippen MR) is 84.6 cm³/mol. The summed E-state index contributed by atoms with van der Waals surface area (Å²) in [5.74, 6) is 0.854. The third-order valence-electron chi connectivity index (χ3n) is 3.44. The lowest BCUT2D eigenvalue weighted by Crippen LogP contribution is -2.08. The SMILES string of the molecule is COc1ccc(N(C)c2cnn(-c3ccccc3)c2)cc1. The average Bonchev–Trinajstić information content (AvgIpc) is 3.05. The summed E-state index contributed by atoms with van der Waals surface area (Å²) in [5.41, 5.74) is 3.17. The van der Waals surface area contributed by atoms with Gasteiger partial charge in [0, 0.05) is 12.7 Å². The molecular weight excluding hydrogens is 262 g/mol. The molecule has 0 spiro atoms. The van der Waals surface area contributed by atoms with Crippen LogP contribution in [0.2, 0.25) is 0 Å². The van der Waals surface area contributed by atoms with Crippen LogP contribution in [0.3, 0.4) is 0 Å². The van der Waals surface area contributed by atoms with Crippen LogP contribution in [0.5, 0.6) is 5.75 Å². The fraction of sp³-hybridized carbons (Fsp3) is 0.118. The summed E-state index contributed by atoms with van der Waals surface area (Å²) in [6.07, 6.45) is 3.87. The number of para-hydroxylation sites is 1. The molecule has 0 amide bonds. The molecule has 4 heteroatoms. The molecule has 0 unspecified atom stereocenters. The van der Waals surface area contributed by atoms with Gasteiger partial charge in [-0.05, 0) is 36.4 Å². The van der Waals surface area contributed by atoms with Gasteiger partial charge < -0.3 is 9.64 Å². The van der Waals surface area contributed by atoms with E-state index in [-0.39, 0.29) is 0 Å². The van der Waals surface area contributed by atoms with Crippen LogP contribution in [0.4, 0.5) is 11.4 Å². The maximum Gasteiger partial charge on any atom is 0.119 e. The molecule has 0 saturated heterocycles. The quantitative estimate of drug-likeness (QED) is 0.730. The summed E-state index contributed by atoms with van der Waals surface area (Å²) in [7, 11) is 3.69. The van der Waals surface area contributed by atoms with Crippen LogP contribution >= 0.6 is 0 Å². The van der Waals surface area contributed by atoms with Gasteiger partial charge in [-0.3, -0.25) is 0 Å². The van der Waals surface area contributed by atoms with E-state index in [9.17, 15) is 0 Å². The first-order valence-electron chi connectivity index (χ1n) is 6.76. The first-order chi connectivity index (χ1) is 10.3. The third kappa shape index (κ3) is 2.74. The Morgan fingerprint density at radius 1 is 0.952 bits per heavy atom. The summed E-state index contributed by atoms with van der Waals surface area (Å²) in [5, 5.41) is 4.42. The molecule has 0 atom stereocenters. The normalized spacial score (nSPS) is 10.4. The smallest absolute Gasteiger partial charge is 0.119 e. The third-order valence-corrected chi connectivity index (χ3v) is 3.44. The second-order valence-corrected chi connectivity index (χ2v) is 4.74. The highest BCUT2D eigenvalue weighted by atomic mass is 16.5. The zero-order valence-corrected chi connectivity index (χ0v) is 12.1. The Hall–Kier alpha value is -2.75. The van der Waals surface area contributed by atoms with Crippen LogP contribution in [-0.4, -0.2) is 23.9 Å². The molecule has 3 aromatic rings. The largest absolute Gasteiger partial charge is 0.497 e. The van der Waals surface area contributed by atoms with Crippen molar-refractivity contribution in [2.24, 2.45) is 0 Å². The van der Waals surface area contributed by atoms with E-state index in [1.54, 1.807) is 7.11 Å². The standard InChI is InChI=1S/C17H17N3O/c1-19(14-8-10-17(21-2)11-9-14)16-12-18-20(13-16)15-6-4-3-5-7-15/h3-13H,1-2H3. The number of hydrogen-bond acceptors (Lipinski definition) is 3. The number of anilines is 2. The van der Waals surface area contributed by atoms with Crippen molar-refractivity contribution in [3.8, 4) is 11.4 Å². The monoisotopic (exact) mass is 279 g/mol. The zero-order valence-electron chi connectivity index (χ0n) is 12.1. The summed E-state index contributed by atoms with van der Waals surface area (Å²) < 4.78 is 7.05. The van der Waals surface area contributed by atoms with E-state index in [0.29, 0.717) is 0 Å². The van der Waals surface area contributed by atoms with E-state index < -0.39 is 0 Å². The summed E-state index contributed by atoms with van der Waals surface area (Å²) in [6.45, 7) is 0. The van der Waals surface area contributed by atoms with E-state index in [2.05, 4.69) is 10.00 Å². The van der Waals surface area contributed by atoms with Crippen LogP contribution in [0.25, 0.3) is 5.69 Å². The van der Waals surface area contributed by atoms with Gasteiger partial charge in [-0.2, -0.15) is 5.10 Å². The molecule has 106 valence electrons. The number of benzene rings is 2. The minimum absolute atomic E-state index is 0.854. The molecule has 0 N–H and O–H groups in total. The number of methoxy groups -OCH3 is 1. The summed E-state index contributed by atoms with van der Waals surface area (Å²) >= 11 is 0. The molecule has 0 aliphatic carbocycles. The molecule has 3 rings (SSSR count). The van der Waals surface area contributed by atoms with Gasteiger partial charge >= 0.3 is 0 Å². The van der Waals surface area contributed by atoms with E-state index >= 15 is 0 Å². The Labute approximate surface area is 124 Å². The molecule has 4 nitrogen and oxygen atoms in total. The van der Waals surface area contributed by atoms with Crippen molar-refractivity contribution in [2.45, 2.75) is 0 Å². The van der Waals surface area contributed by atoms with Gasteiger partial charge in [0.25, 0.3) is 0 Å². The Balaban J connectivity index is 1.85. The highest BCUT2D eigenvalue weighted by Gasteiger charge is 2.07. The molecule has 1 heterocycles. The zero-order chi connectivity index (χ0) is 14.7. The van der Waals surface area contributed by atoms with E-state index in [1.807, 2.05) is 78.7 Å². The topological polar surface area (TPSA) is 30.3 Å². The maximum atomic E-state index is 5.18. The molecule has 0 bridgehead atoms. The van der Waals surface area contributed by atoms with Crippen LogP contribution in [-0.2, 0) is 0 Å². The summed E-state index contributed by atoms with van der Waals surface area (Å²) in [6, 6.07) is 18.0. The van der Waals surface area contributed by atoms with E-state index in [1.165, 1.54) is 0 Å². The highest BCUT2D eigenvalue weighted by molar-refractivity contribution is 5.62. The molecule has 0 radical (unpaired) electrons. The Morgan fingerprint density at radius 3 is 2.33 bits per heavy atom. The van der Waals surface area contributed by atoms with Gasteiger partial charge in [-0.1, -0.05) is 18.2 Å². The summed E-state index contributed by atoms with van der Waals surface area (Å²) in [4.78, 5) is 2.09. The highest BCUT2D eigenvalue weighted by Crippen LogP contribution is 2.25. The van der Waals surface area contributed by atoms with Gasteiger partial charge in [-0.25, -0.2) is 4.68 Å². The first kappa shape index (κ1) is 13.2. The van der Waals surface area contributed by atoms with Gasteiger partial charge in [0.1, 0.15) is 5.75 Å². The van der Waals surface area contributed by atoms with Gasteiger partial charge in [0.2, 0.25) is 0 Å². The minimum Gasteiger partial charge on any atom is -0.497 e. The molecule has 0 aliphatic heterocycles. The van der Waals surface area contributed by atoms with Crippen LogP contribution in [0.1, 0.15) is 0 Å². The van der Waals surface area contributed by atoms with Crippen LogP contribution in [0.15, 0.2) is 67.0 Å². The molecule has 0 aliphatic rings. The molecule has 1 aromatic heterocycles. The number of ether oxygens (including phenoxy) is 1. The minimum atomic E-state index is 0.854. The average molecular weight is 279 g/mol. The fourth-order valence-electron chi connectivity index (χ4n) is 2.16. The fourth-order valence-corrected chi connectivity index (χ4v) is 2.16. The molecule has 2 aromatic carbocycles. The second kappa shape index (κ2) is 5.71. The Kier molecular flexibility index (Phi) is 3.60. The lowest BCUT2D eigenvalue weighted by atomic mass is 10.2. The van der Waals surface area contributed by atoms with Crippen molar-refractivity contribution >= 4 is 11.4 Å². The van der Waals surface area contributed by atoms with Crippen LogP contribution < -0.4 is 9.64 Å². The Bertz CT molecular complexity index is 704. The molecule has 21 heavy (non-hydrogen) atoms. The van der Waals surface area contributed by atoms with Crippen molar-refractivity contribution < 1.29 is 4.74 Å². The van der Waals surface area contributed by atoms with Gasteiger partial charge in [-0.15, -0.1) is 0 Å². The van der Waals surface area contributed by atoms with Crippen molar-refractivity contribution in [3.05, 3.63) is 67.0 Å². The van der Waals surface area contributed by atoms with Crippen molar-refractivity contribution in [1.29, 1.82) is 0 Å². The number of aromatic nitrogens is 2. The van der Waals surface area contributed by atoms with Crippen LogP contribution in [0, 0.1) is 0 Å². The molecule has 0 fully saturated rings. The first-order valence-corrected chi connectivity index (χ1v) is 6.76. The predicted octanol–water partition coefficient (Wildman–Crippen LogP) is 3.65. The lowest BCUT2D eigenvalue weighted by molar-refractivity contribution is 0.415. The van der Waals surface area contributed by atoms with Gasteiger partial charge in [0.05, 0.1) is 30.9 Å². The Morgan fingerprint density at radius 2 is 1.67 bits per heavy atom. The van der Waals surface area contributed by atoms with E-state index in [4.69, 9.17) is 4.74 Å². The van der Waals surface area contributed by atoms with Crippen molar-refractivity contribution in [1.82, 2.24) is 9.78 Å². The molecular formula is C17H17N3O. The lowest BCUT2D eigenvalue weighted by Gasteiger charge is -2.17. The van der Waals surface area contributed by atoms with Crippen molar-refractivity contribution in [3.63, 3.8) is 0 Å².